The number of carboxylic acids is 1. The quantitative estimate of drug-likeness (QED) is 0.760. The van der Waals surface area contributed by atoms with Gasteiger partial charge in [-0.15, -0.1) is 0 Å². The lowest BCUT2D eigenvalue weighted by molar-refractivity contribution is 0.0696. The molecule has 7 nitrogen and oxygen atoms in total. The number of aryl methyl sites for hydroxylation is 2. The number of aromatic nitrogens is 2. The van der Waals surface area contributed by atoms with Gasteiger partial charge in [-0.25, -0.2) is 13.2 Å². The number of sulfonamides is 1. The highest BCUT2D eigenvalue weighted by Crippen LogP contribution is 2.28. The molecular weight excluding hydrogens is 362 g/mol. The number of benzene rings is 1. The molecule has 0 fully saturated rings. The van der Waals surface area contributed by atoms with E-state index in [1.54, 1.807) is 13.8 Å². The molecule has 0 radical (unpaired) electrons. The second-order valence-corrected chi connectivity index (χ2v) is 6.90. The Kier molecular flexibility index (Phi) is 4.06. The molecule has 0 atom stereocenters. The van der Waals surface area contributed by atoms with Gasteiger partial charge >= 0.3 is 5.97 Å². The van der Waals surface area contributed by atoms with Crippen LogP contribution in [-0.4, -0.2) is 29.7 Å². The zero-order chi connectivity index (χ0) is 15.8. The number of anilines is 1. The Morgan fingerprint density at radius 2 is 2.00 bits per heavy atom. The molecule has 112 valence electrons. The number of aromatic carboxylic acids is 1. The largest absolute Gasteiger partial charge is 0.478 e. The Bertz CT molecular complexity index is 814. The van der Waals surface area contributed by atoms with Crippen molar-refractivity contribution in [3.8, 4) is 0 Å². The molecule has 0 saturated heterocycles. The highest BCUT2D eigenvalue weighted by molar-refractivity contribution is 9.10. The van der Waals surface area contributed by atoms with Gasteiger partial charge in [0, 0.05) is 16.2 Å². The normalized spacial score (nSPS) is 11.4. The van der Waals surface area contributed by atoms with Crippen molar-refractivity contribution < 1.29 is 18.3 Å². The third-order valence-corrected chi connectivity index (χ3v) is 5.40. The van der Waals surface area contributed by atoms with Gasteiger partial charge in [-0.1, -0.05) is 0 Å². The number of carbonyl (C=O) groups is 1. The number of hydrogen-bond acceptors (Lipinski definition) is 4. The van der Waals surface area contributed by atoms with Crippen molar-refractivity contribution in [3.63, 3.8) is 0 Å². The number of rotatable bonds is 4. The summed E-state index contributed by atoms with van der Waals surface area (Å²) in [6.45, 7) is 3.35. The van der Waals surface area contributed by atoms with Crippen LogP contribution in [0.25, 0.3) is 0 Å². The average molecular weight is 374 g/mol. The van der Waals surface area contributed by atoms with E-state index < -0.39 is 16.0 Å². The summed E-state index contributed by atoms with van der Waals surface area (Å²) in [5, 5.41) is 15.4. The maximum absolute atomic E-state index is 12.4. The van der Waals surface area contributed by atoms with Crippen LogP contribution in [-0.2, 0) is 10.0 Å². The van der Waals surface area contributed by atoms with E-state index in [1.807, 2.05) is 0 Å². The molecule has 9 heteroatoms. The fraction of sp³-hybridized carbons (Fsp3) is 0.167. The Morgan fingerprint density at radius 3 is 2.52 bits per heavy atom. The highest BCUT2D eigenvalue weighted by atomic mass is 79.9. The van der Waals surface area contributed by atoms with Crippen LogP contribution < -0.4 is 4.72 Å². The first kappa shape index (κ1) is 15.5. The number of aromatic amines is 1. The molecule has 0 aliphatic rings. The zero-order valence-corrected chi connectivity index (χ0v) is 13.5. The van der Waals surface area contributed by atoms with Crippen LogP contribution in [0.1, 0.15) is 21.6 Å². The van der Waals surface area contributed by atoms with Crippen LogP contribution >= 0.6 is 15.9 Å². The van der Waals surface area contributed by atoms with Crippen molar-refractivity contribution in [1.82, 2.24) is 10.2 Å². The molecule has 2 aromatic rings. The molecular formula is C12H12BrN3O4S. The zero-order valence-electron chi connectivity index (χ0n) is 11.1. The summed E-state index contributed by atoms with van der Waals surface area (Å²) in [5.74, 6) is -1.06. The van der Waals surface area contributed by atoms with Crippen molar-refractivity contribution in [1.29, 1.82) is 0 Å². The fourth-order valence-corrected chi connectivity index (χ4v) is 3.76. The summed E-state index contributed by atoms with van der Waals surface area (Å²) in [5.41, 5.74) is 1.10. The van der Waals surface area contributed by atoms with E-state index in [1.165, 1.54) is 12.1 Å². The molecule has 0 amide bonds. The molecule has 0 saturated carbocycles. The highest BCUT2D eigenvalue weighted by Gasteiger charge is 2.22. The maximum Gasteiger partial charge on any atom is 0.335 e. The van der Waals surface area contributed by atoms with E-state index in [9.17, 15) is 13.2 Å². The predicted octanol–water partition coefficient (Wildman–Crippen LogP) is 2.29. The van der Waals surface area contributed by atoms with Gasteiger partial charge in [0.1, 0.15) is 4.90 Å². The predicted molar refractivity (Wildman–Crippen MR) is 80.0 cm³/mol. The Labute approximate surface area is 129 Å². The number of H-pyrrole nitrogens is 1. The first-order chi connectivity index (χ1) is 9.70. The second kappa shape index (κ2) is 5.49. The molecule has 0 aliphatic carbocycles. The summed E-state index contributed by atoms with van der Waals surface area (Å²) >= 11 is 3.18. The molecule has 21 heavy (non-hydrogen) atoms. The summed E-state index contributed by atoms with van der Waals surface area (Å²) in [6, 6.07) is 4.02. The van der Waals surface area contributed by atoms with Gasteiger partial charge in [-0.2, -0.15) is 5.10 Å². The van der Waals surface area contributed by atoms with E-state index >= 15 is 0 Å². The maximum atomic E-state index is 12.4. The number of hydrogen-bond donors (Lipinski definition) is 3. The van der Waals surface area contributed by atoms with E-state index in [4.69, 9.17) is 5.11 Å². The molecule has 0 unspecified atom stereocenters. The van der Waals surface area contributed by atoms with Crippen LogP contribution in [0.15, 0.2) is 27.6 Å². The lowest BCUT2D eigenvalue weighted by Crippen LogP contribution is -2.15. The fourth-order valence-electron chi connectivity index (χ4n) is 1.72. The minimum absolute atomic E-state index is 0.103. The van der Waals surface area contributed by atoms with Gasteiger partial charge in [0.05, 0.1) is 5.56 Å². The summed E-state index contributed by atoms with van der Waals surface area (Å²) in [7, 11) is -3.95. The lowest BCUT2D eigenvalue weighted by Gasteiger charge is -2.10. The van der Waals surface area contributed by atoms with Crippen LogP contribution in [0.3, 0.4) is 0 Å². The number of nitrogens with one attached hydrogen (secondary N) is 2. The standard InChI is InChI=1S/C12H12BrN3O4S/c1-6-3-8(12(17)18)5-9(11(6)13)21(19,20)16-10-4-7(2)14-15-10/h3-5H,1-2H3,(H,17,18)(H2,14,15,16). The molecule has 0 aliphatic heterocycles. The Balaban J connectivity index is 2.51. The van der Waals surface area contributed by atoms with Gasteiger partial charge in [0.15, 0.2) is 5.82 Å². The van der Waals surface area contributed by atoms with Crippen LogP contribution in [0.4, 0.5) is 5.82 Å². The number of nitrogens with zero attached hydrogens (tertiary/aromatic N) is 1. The lowest BCUT2D eigenvalue weighted by atomic mass is 10.1. The SMILES string of the molecule is Cc1cc(NS(=O)(=O)c2cc(C(=O)O)cc(C)c2Br)n[nH]1. The van der Waals surface area contributed by atoms with Crippen LogP contribution in [0.5, 0.6) is 0 Å². The minimum atomic E-state index is -3.95. The van der Waals surface area contributed by atoms with Gasteiger partial charge in [-0.3, -0.25) is 9.82 Å². The number of halogens is 1. The van der Waals surface area contributed by atoms with Crippen molar-refractivity contribution in [2.24, 2.45) is 0 Å². The molecule has 1 aromatic carbocycles. The average Bonchev–Trinajstić information content (AvgIpc) is 2.76. The van der Waals surface area contributed by atoms with Crippen molar-refractivity contribution in [2.75, 3.05) is 4.72 Å². The Morgan fingerprint density at radius 1 is 1.33 bits per heavy atom. The first-order valence-corrected chi connectivity index (χ1v) is 8.06. The van der Waals surface area contributed by atoms with Gasteiger partial charge in [-0.05, 0) is 47.5 Å². The third kappa shape index (κ3) is 3.24. The molecule has 0 bridgehead atoms. The van der Waals surface area contributed by atoms with Crippen molar-refractivity contribution >= 4 is 37.7 Å². The van der Waals surface area contributed by atoms with Gasteiger partial charge < -0.3 is 5.11 Å². The van der Waals surface area contributed by atoms with Gasteiger partial charge in [0.25, 0.3) is 10.0 Å². The smallest absolute Gasteiger partial charge is 0.335 e. The second-order valence-electron chi connectivity index (χ2n) is 4.45. The van der Waals surface area contributed by atoms with Crippen molar-refractivity contribution in [2.45, 2.75) is 18.7 Å². The minimum Gasteiger partial charge on any atom is -0.478 e. The van der Waals surface area contributed by atoms with E-state index in [2.05, 4.69) is 30.8 Å². The molecule has 1 aromatic heterocycles. The van der Waals surface area contributed by atoms with Gasteiger partial charge in [0.2, 0.25) is 0 Å². The summed E-state index contributed by atoms with van der Waals surface area (Å²) in [6.07, 6.45) is 0. The Hall–Kier alpha value is -1.87. The van der Waals surface area contributed by atoms with E-state index in [0.29, 0.717) is 15.7 Å². The van der Waals surface area contributed by atoms with Crippen LogP contribution in [0.2, 0.25) is 0 Å². The summed E-state index contributed by atoms with van der Waals surface area (Å²) in [4.78, 5) is 10.9. The molecule has 2 rings (SSSR count). The van der Waals surface area contributed by atoms with E-state index in [-0.39, 0.29) is 16.3 Å². The van der Waals surface area contributed by atoms with E-state index in [0.717, 1.165) is 6.07 Å². The summed E-state index contributed by atoms with van der Waals surface area (Å²) < 4.78 is 27.4. The topological polar surface area (TPSA) is 112 Å². The van der Waals surface area contributed by atoms with Crippen LogP contribution in [0, 0.1) is 13.8 Å². The number of carboxylic acid groups (broad SMARTS) is 1. The molecule has 1 heterocycles. The molecule has 3 N–H and O–H groups in total. The third-order valence-electron chi connectivity index (χ3n) is 2.70. The molecule has 0 spiro atoms. The monoisotopic (exact) mass is 373 g/mol. The van der Waals surface area contributed by atoms with Crippen molar-refractivity contribution in [3.05, 3.63) is 39.5 Å². The first-order valence-electron chi connectivity index (χ1n) is 5.79.